The maximum Gasteiger partial charge on any atom is 0.193 e. The lowest BCUT2D eigenvalue weighted by molar-refractivity contribution is 0.168. The molecule has 0 bridgehead atoms. The van der Waals surface area contributed by atoms with Crippen LogP contribution in [0.5, 0.6) is 0 Å². The number of piperazine rings is 1. The van der Waals surface area contributed by atoms with Gasteiger partial charge in [-0.25, -0.2) is 0 Å². The summed E-state index contributed by atoms with van der Waals surface area (Å²) >= 11 is 0. The number of hydrogen-bond acceptors (Lipinski definition) is 5. The summed E-state index contributed by atoms with van der Waals surface area (Å²) in [7, 11) is 1.90. The summed E-state index contributed by atoms with van der Waals surface area (Å²) in [5, 5.41) is 7.63. The number of rotatable bonds is 5. The van der Waals surface area contributed by atoms with Crippen molar-refractivity contribution in [3.63, 3.8) is 0 Å². The molecule has 3 heterocycles. The molecule has 26 heavy (non-hydrogen) atoms. The van der Waals surface area contributed by atoms with Gasteiger partial charge < -0.3 is 19.6 Å². The zero-order chi connectivity index (χ0) is 17.1. The van der Waals surface area contributed by atoms with Crippen molar-refractivity contribution in [2.24, 2.45) is 10.9 Å². The van der Waals surface area contributed by atoms with Gasteiger partial charge in [0.15, 0.2) is 5.96 Å². The number of nitrogens with zero attached hydrogens (tertiary/aromatic N) is 5. The Bertz CT molecular complexity index is 568. The molecule has 1 atom stereocenters. The molecule has 1 aliphatic carbocycles. The fourth-order valence-electron chi connectivity index (χ4n) is 4.03. The van der Waals surface area contributed by atoms with Crippen LogP contribution in [-0.4, -0.2) is 84.7 Å². The lowest BCUT2D eigenvalue weighted by Crippen LogP contribution is -2.52. The Morgan fingerprint density at radius 1 is 1.23 bits per heavy atom. The Kier molecular flexibility index (Phi) is 7.16. The third kappa shape index (κ3) is 5.10. The number of aromatic nitrogens is 1. The van der Waals surface area contributed by atoms with Crippen molar-refractivity contribution in [2.75, 3.05) is 52.9 Å². The Balaban J connectivity index is 0.00000196. The normalized spacial score (nSPS) is 25.3. The number of guanidine groups is 1. The van der Waals surface area contributed by atoms with Crippen molar-refractivity contribution in [3.8, 4) is 0 Å². The SMILES string of the molecule is CN=C(NCC1CCN(C2CC2)C1)N1CCN(Cc2ccon2)CC1.I. The van der Waals surface area contributed by atoms with Crippen LogP contribution in [0, 0.1) is 5.92 Å². The second-order valence-electron chi connectivity index (χ2n) is 7.56. The van der Waals surface area contributed by atoms with Crippen LogP contribution in [0.15, 0.2) is 21.8 Å². The maximum absolute atomic E-state index is 4.92. The summed E-state index contributed by atoms with van der Waals surface area (Å²) in [6, 6.07) is 2.85. The molecule has 2 aliphatic heterocycles. The Hall–Kier alpha value is -0.870. The molecular formula is C18H31IN6O. The number of likely N-dealkylation sites (tertiary alicyclic amines) is 1. The highest BCUT2D eigenvalue weighted by atomic mass is 127. The smallest absolute Gasteiger partial charge is 0.193 e. The van der Waals surface area contributed by atoms with Crippen molar-refractivity contribution in [1.82, 2.24) is 25.2 Å². The summed E-state index contributed by atoms with van der Waals surface area (Å²) in [6.07, 6.45) is 5.80. The number of halogens is 1. The van der Waals surface area contributed by atoms with Crippen molar-refractivity contribution in [2.45, 2.75) is 31.8 Å². The number of nitrogens with one attached hydrogen (secondary N) is 1. The Morgan fingerprint density at radius 2 is 2.04 bits per heavy atom. The molecule has 0 spiro atoms. The van der Waals surface area contributed by atoms with Crippen LogP contribution < -0.4 is 5.32 Å². The lowest BCUT2D eigenvalue weighted by atomic mass is 10.1. The molecule has 1 aromatic heterocycles. The molecule has 2 saturated heterocycles. The van der Waals surface area contributed by atoms with E-state index in [1.54, 1.807) is 6.26 Å². The van der Waals surface area contributed by atoms with Gasteiger partial charge in [0, 0.05) is 65.0 Å². The minimum atomic E-state index is 0. The standard InChI is InChI=1S/C18H30N6O.HI/c1-19-18(20-12-15-4-6-24(13-15)17-2-3-17)23-9-7-22(8-10-23)14-16-5-11-25-21-16;/h5,11,15,17H,2-4,6-10,12-14H2,1H3,(H,19,20);1H. The van der Waals surface area contributed by atoms with Gasteiger partial charge in [-0.3, -0.25) is 9.89 Å². The van der Waals surface area contributed by atoms with Crippen molar-refractivity contribution < 1.29 is 4.52 Å². The second-order valence-corrected chi connectivity index (χ2v) is 7.56. The summed E-state index contributed by atoms with van der Waals surface area (Å²) in [4.78, 5) is 12.0. The van der Waals surface area contributed by atoms with Crippen LogP contribution in [-0.2, 0) is 6.54 Å². The predicted octanol–water partition coefficient (Wildman–Crippen LogP) is 1.47. The van der Waals surface area contributed by atoms with E-state index in [9.17, 15) is 0 Å². The second kappa shape index (κ2) is 9.36. The molecule has 1 saturated carbocycles. The molecule has 4 rings (SSSR count). The molecule has 8 heteroatoms. The Morgan fingerprint density at radius 3 is 2.69 bits per heavy atom. The van der Waals surface area contributed by atoms with E-state index in [0.717, 1.165) is 62.9 Å². The van der Waals surface area contributed by atoms with E-state index < -0.39 is 0 Å². The van der Waals surface area contributed by atoms with Gasteiger partial charge in [0.05, 0.1) is 5.69 Å². The number of hydrogen-bond donors (Lipinski definition) is 1. The topological polar surface area (TPSA) is 60.1 Å². The molecular weight excluding hydrogens is 443 g/mol. The van der Waals surface area contributed by atoms with Gasteiger partial charge in [0.1, 0.15) is 6.26 Å². The Labute approximate surface area is 173 Å². The van der Waals surface area contributed by atoms with Gasteiger partial charge in [-0.15, -0.1) is 24.0 Å². The quantitative estimate of drug-likeness (QED) is 0.397. The van der Waals surface area contributed by atoms with Crippen molar-refractivity contribution >= 4 is 29.9 Å². The molecule has 0 amide bonds. The predicted molar refractivity (Wildman–Crippen MR) is 113 cm³/mol. The zero-order valence-corrected chi connectivity index (χ0v) is 18.0. The summed E-state index contributed by atoms with van der Waals surface area (Å²) < 4.78 is 4.92. The first kappa shape index (κ1) is 19.9. The third-order valence-corrected chi connectivity index (χ3v) is 5.69. The van der Waals surface area contributed by atoms with Crippen LogP contribution in [0.25, 0.3) is 0 Å². The molecule has 3 fully saturated rings. The molecule has 0 aromatic carbocycles. The van der Waals surface area contributed by atoms with E-state index in [0.29, 0.717) is 0 Å². The molecule has 1 aromatic rings. The fraction of sp³-hybridized carbons (Fsp3) is 0.778. The van der Waals surface area contributed by atoms with E-state index in [1.165, 1.54) is 32.4 Å². The average Bonchev–Trinajstić information content (AvgIpc) is 3.16. The van der Waals surface area contributed by atoms with Gasteiger partial charge in [0.2, 0.25) is 0 Å². The number of aliphatic imine (C=N–C) groups is 1. The largest absolute Gasteiger partial charge is 0.364 e. The van der Waals surface area contributed by atoms with E-state index in [-0.39, 0.29) is 24.0 Å². The highest BCUT2D eigenvalue weighted by Crippen LogP contribution is 2.31. The van der Waals surface area contributed by atoms with E-state index in [2.05, 4.69) is 30.2 Å². The zero-order valence-electron chi connectivity index (χ0n) is 15.6. The van der Waals surface area contributed by atoms with Crippen molar-refractivity contribution in [3.05, 3.63) is 18.0 Å². The first-order valence-corrected chi connectivity index (χ1v) is 9.63. The highest BCUT2D eigenvalue weighted by Gasteiger charge is 2.34. The molecule has 3 aliphatic rings. The van der Waals surface area contributed by atoms with Gasteiger partial charge in [-0.1, -0.05) is 5.16 Å². The fourth-order valence-corrected chi connectivity index (χ4v) is 4.03. The monoisotopic (exact) mass is 474 g/mol. The first-order chi connectivity index (χ1) is 12.3. The summed E-state index contributed by atoms with van der Waals surface area (Å²) in [5.74, 6) is 1.83. The molecule has 1 unspecified atom stereocenters. The van der Waals surface area contributed by atoms with Gasteiger partial charge in [-0.05, 0) is 31.7 Å². The maximum atomic E-state index is 4.92. The lowest BCUT2D eigenvalue weighted by Gasteiger charge is -2.36. The highest BCUT2D eigenvalue weighted by molar-refractivity contribution is 14.0. The van der Waals surface area contributed by atoms with E-state index >= 15 is 0 Å². The van der Waals surface area contributed by atoms with Crippen LogP contribution in [0.2, 0.25) is 0 Å². The van der Waals surface area contributed by atoms with Crippen LogP contribution in [0.4, 0.5) is 0 Å². The van der Waals surface area contributed by atoms with Crippen LogP contribution in [0.1, 0.15) is 25.0 Å². The summed E-state index contributed by atoms with van der Waals surface area (Å²) in [5.41, 5.74) is 1.01. The minimum Gasteiger partial charge on any atom is -0.364 e. The van der Waals surface area contributed by atoms with E-state index in [1.807, 2.05) is 13.1 Å². The minimum absolute atomic E-state index is 0. The van der Waals surface area contributed by atoms with Crippen molar-refractivity contribution in [1.29, 1.82) is 0 Å². The van der Waals surface area contributed by atoms with Crippen LogP contribution in [0.3, 0.4) is 0 Å². The van der Waals surface area contributed by atoms with Gasteiger partial charge in [-0.2, -0.15) is 0 Å². The average molecular weight is 474 g/mol. The molecule has 1 N–H and O–H groups in total. The molecule has 7 nitrogen and oxygen atoms in total. The summed E-state index contributed by atoms with van der Waals surface area (Å²) in [6.45, 7) is 8.56. The van der Waals surface area contributed by atoms with E-state index in [4.69, 9.17) is 4.52 Å². The molecule has 146 valence electrons. The third-order valence-electron chi connectivity index (χ3n) is 5.69. The van der Waals surface area contributed by atoms with Crippen LogP contribution >= 0.6 is 24.0 Å². The van der Waals surface area contributed by atoms with Gasteiger partial charge >= 0.3 is 0 Å². The first-order valence-electron chi connectivity index (χ1n) is 9.63. The molecule has 0 radical (unpaired) electrons. The van der Waals surface area contributed by atoms with Gasteiger partial charge in [0.25, 0.3) is 0 Å².